The number of anilines is 3. The molecular formula is C27H24N4. The molecule has 0 aliphatic heterocycles. The van der Waals surface area contributed by atoms with E-state index >= 15 is 0 Å². The van der Waals surface area contributed by atoms with Crippen LogP contribution in [0.25, 0.3) is 11.1 Å². The molecule has 31 heavy (non-hydrogen) atoms. The van der Waals surface area contributed by atoms with E-state index in [0.717, 1.165) is 17.1 Å². The molecule has 0 bridgehead atoms. The van der Waals surface area contributed by atoms with Crippen LogP contribution in [0.3, 0.4) is 0 Å². The van der Waals surface area contributed by atoms with Gasteiger partial charge in [0.15, 0.2) is 0 Å². The Kier molecular flexibility index (Phi) is 6.25. The lowest BCUT2D eigenvalue weighted by Gasteiger charge is -2.19. The molecule has 1 aromatic heterocycles. The van der Waals surface area contributed by atoms with Crippen LogP contribution in [0.2, 0.25) is 0 Å². The zero-order chi connectivity index (χ0) is 21.5. The predicted octanol–water partition coefficient (Wildman–Crippen LogP) is 6.18. The van der Waals surface area contributed by atoms with E-state index in [9.17, 15) is 0 Å². The van der Waals surface area contributed by atoms with E-state index in [2.05, 4.69) is 83.8 Å². The minimum atomic E-state index is 0.569. The molecule has 4 nitrogen and oxygen atoms in total. The largest absolute Gasteiger partial charge is 0.350 e. The first-order valence-corrected chi connectivity index (χ1v) is 10.2. The van der Waals surface area contributed by atoms with E-state index in [1.807, 2.05) is 42.2 Å². The molecule has 1 heterocycles. The van der Waals surface area contributed by atoms with Crippen LogP contribution in [-0.2, 0) is 6.54 Å². The van der Waals surface area contributed by atoms with Crippen molar-refractivity contribution in [2.24, 2.45) is 0 Å². The van der Waals surface area contributed by atoms with Gasteiger partial charge in [-0.3, -0.25) is 4.90 Å². The molecule has 0 atom stereocenters. The summed E-state index contributed by atoms with van der Waals surface area (Å²) < 4.78 is 0. The number of nitrogens with one attached hydrogen (secondary N) is 1. The molecule has 0 aliphatic rings. The average molecular weight is 405 g/mol. The molecule has 4 aromatic rings. The molecule has 0 saturated carbocycles. The Hall–Kier alpha value is -4.10. The minimum Gasteiger partial charge on any atom is -0.350 e. The van der Waals surface area contributed by atoms with Gasteiger partial charge in [0.1, 0.15) is 5.82 Å². The third-order valence-electron chi connectivity index (χ3n) is 4.93. The van der Waals surface area contributed by atoms with Crippen LogP contribution in [0.1, 0.15) is 18.1 Å². The highest BCUT2D eigenvalue weighted by atomic mass is 15.2. The first-order chi connectivity index (χ1) is 15.2. The summed E-state index contributed by atoms with van der Waals surface area (Å²) in [6.07, 6.45) is 1.76. The van der Waals surface area contributed by atoms with Crippen LogP contribution in [0, 0.1) is 18.9 Å². The molecule has 0 radical (unpaired) electrons. The highest BCUT2D eigenvalue weighted by Crippen LogP contribution is 2.26. The van der Waals surface area contributed by atoms with Crippen molar-refractivity contribution < 1.29 is 0 Å². The Morgan fingerprint density at radius 2 is 1.65 bits per heavy atom. The number of benzene rings is 3. The lowest BCUT2D eigenvalue weighted by Crippen LogP contribution is -2.14. The van der Waals surface area contributed by atoms with Gasteiger partial charge >= 0.3 is 0 Å². The molecule has 0 amide bonds. The van der Waals surface area contributed by atoms with E-state index in [-0.39, 0.29) is 0 Å². The third kappa shape index (κ3) is 4.91. The number of aromatic nitrogens is 2. The minimum absolute atomic E-state index is 0.569. The Labute approximate surface area is 183 Å². The normalized spacial score (nSPS) is 10.1. The molecule has 0 spiro atoms. The van der Waals surface area contributed by atoms with E-state index in [1.54, 1.807) is 6.20 Å². The zero-order valence-electron chi connectivity index (χ0n) is 17.7. The Morgan fingerprint density at radius 1 is 0.871 bits per heavy atom. The van der Waals surface area contributed by atoms with Gasteiger partial charge in [-0.2, -0.15) is 4.98 Å². The molecule has 3 aromatic carbocycles. The summed E-state index contributed by atoms with van der Waals surface area (Å²) in [4.78, 5) is 11.0. The average Bonchev–Trinajstić information content (AvgIpc) is 2.83. The van der Waals surface area contributed by atoms with Gasteiger partial charge in [0.25, 0.3) is 0 Å². The van der Waals surface area contributed by atoms with E-state index in [0.29, 0.717) is 12.5 Å². The lowest BCUT2D eigenvalue weighted by molar-refractivity contribution is 1.04. The molecule has 0 aliphatic carbocycles. The summed E-state index contributed by atoms with van der Waals surface area (Å²) in [6, 6.07) is 32.0. The molecule has 0 unspecified atom stereocenters. The topological polar surface area (TPSA) is 41.1 Å². The van der Waals surface area contributed by atoms with E-state index in [4.69, 9.17) is 4.98 Å². The summed E-state index contributed by atoms with van der Waals surface area (Å²) in [5, 5.41) is 3.35. The van der Waals surface area contributed by atoms with Crippen LogP contribution < -0.4 is 10.2 Å². The number of aryl methyl sites for hydroxylation is 1. The zero-order valence-corrected chi connectivity index (χ0v) is 17.7. The quantitative estimate of drug-likeness (QED) is 0.308. The van der Waals surface area contributed by atoms with Crippen molar-refractivity contribution in [2.75, 3.05) is 10.2 Å². The van der Waals surface area contributed by atoms with Crippen molar-refractivity contribution in [2.45, 2.75) is 20.4 Å². The van der Waals surface area contributed by atoms with Crippen LogP contribution in [0.5, 0.6) is 0 Å². The van der Waals surface area contributed by atoms with E-state index in [1.165, 1.54) is 16.7 Å². The Balaban J connectivity index is 1.54. The second-order valence-corrected chi connectivity index (χ2v) is 7.14. The number of hydrogen-bond acceptors (Lipinski definition) is 4. The van der Waals surface area contributed by atoms with E-state index < -0.39 is 0 Å². The van der Waals surface area contributed by atoms with Crippen molar-refractivity contribution in [3.63, 3.8) is 0 Å². The van der Waals surface area contributed by atoms with Crippen LogP contribution in [-0.4, -0.2) is 9.97 Å². The molecule has 0 saturated heterocycles. The highest BCUT2D eigenvalue weighted by Gasteiger charge is 2.12. The molecule has 1 N–H and O–H groups in total. The van der Waals surface area contributed by atoms with Crippen molar-refractivity contribution in [1.29, 1.82) is 0 Å². The fourth-order valence-electron chi connectivity index (χ4n) is 3.40. The van der Waals surface area contributed by atoms with Crippen LogP contribution in [0.15, 0.2) is 91.1 Å². The molecule has 0 fully saturated rings. The Bertz CT molecular complexity index is 1220. The fourth-order valence-corrected chi connectivity index (χ4v) is 3.40. The number of nitrogens with zero attached hydrogens (tertiary/aromatic N) is 3. The maximum absolute atomic E-state index is 4.71. The summed E-state index contributed by atoms with van der Waals surface area (Å²) >= 11 is 0. The maximum Gasteiger partial charge on any atom is 0.224 e. The molecule has 4 heteroatoms. The summed E-state index contributed by atoms with van der Waals surface area (Å²) in [5.74, 6) is 4.29. The van der Waals surface area contributed by atoms with Crippen LogP contribution >= 0.6 is 0 Å². The molecule has 4 rings (SSSR count). The SMILES string of the molecule is CC#CN(c1ccnc(NCc2cccc(-c3ccccc3)c2)n1)c1ccccc1C. The molecular weight excluding hydrogens is 380 g/mol. The van der Waals surface area contributed by atoms with Gasteiger partial charge in [0.05, 0.1) is 5.69 Å². The van der Waals surface area contributed by atoms with Crippen LogP contribution in [0.4, 0.5) is 17.5 Å². The first kappa shape index (κ1) is 20.2. The van der Waals surface area contributed by atoms with Crippen molar-refractivity contribution >= 4 is 17.5 Å². The number of hydrogen-bond donors (Lipinski definition) is 1. The van der Waals surface area contributed by atoms with Gasteiger partial charge in [-0.1, -0.05) is 72.7 Å². The molecule has 152 valence electrons. The third-order valence-corrected chi connectivity index (χ3v) is 4.93. The highest BCUT2D eigenvalue weighted by molar-refractivity contribution is 5.69. The monoisotopic (exact) mass is 404 g/mol. The smallest absolute Gasteiger partial charge is 0.224 e. The lowest BCUT2D eigenvalue weighted by atomic mass is 10.0. The van der Waals surface area contributed by atoms with Crippen molar-refractivity contribution in [1.82, 2.24) is 9.97 Å². The van der Waals surface area contributed by atoms with Gasteiger partial charge in [-0.05, 0) is 48.2 Å². The maximum atomic E-state index is 4.71. The van der Waals surface area contributed by atoms with Crippen molar-refractivity contribution in [3.05, 3.63) is 102 Å². The van der Waals surface area contributed by atoms with Gasteiger partial charge in [-0.25, -0.2) is 4.98 Å². The summed E-state index contributed by atoms with van der Waals surface area (Å²) in [5.41, 5.74) is 5.71. The van der Waals surface area contributed by atoms with Gasteiger partial charge < -0.3 is 5.32 Å². The summed E-state index contributed by atoms with van der Waals surface area (Å²) in [7, 11) is 0. The summed E-state index contributed by atoms with van der Waals surface area (Å²) in [6.45, 7) is 4.53. The first-order valence-electron chi connectivity index (χ1n) is 10.2. The number of rotatable bonds is 6. The van der Waals surface area contributed by atoms with Gasteiger partial charge in [-0.15, -0.1) is 0 Å². The Morgan fingerprint density at radius 3 is 2.45 bits per heavy atom. The second kappa shape index (κ2) is 9.60. The standard InChI is InChI=1S/C27H24N4/c1-3-18-31(25-15-8-7-10-21(25)2)26-16-17-28-27(30-26)29-20-22-11-9-14-24(19-22)23-12-5-4-6-13-23/h4-17,19H,20H2,1-2H3,(H,28,29,30). The van der Waals surface area contributed by atoms with Gasteiger partial charge in [0, 0.05) is 24.9 Å². The second-order valence-electron chi connectivity index (χ2n) is 7.14. The predicted molar refractivity (Wildman–Crippen MR) is 128 cm³/mol. The fraction of sp³-hybridized carbons (Fsp3) is 0.111. The van der Waals surface area contributed by atoms with Gasteiger partial charge in [0.2, 0.25) is 5.95 Å². The van der Waals surface area contributed by atoms with Crippen molar-refractivity contribution in [3.8, 4) is 23.1 Å². The number of para-hydroxylation sites is 1.